The van der Waals surface area contributed by atoms with E-state index in [0.29, 0.717) is 35.8 Å². The summed E-state index contributed by atoms with van der Waals surface area (Å²) in [5.41, 5.74) is 6.46. The van der Waals surface area contributed by atoms with Gasteiger partial charge in [0.15, 0.2) is 17.3 Å². The number of fused-ring (bicyclic) bond motifs is 4. The molecule has 0 amide bonds. The Labute approximate surface area is 250 Å². The maximum Gasteiger partial charge on any atom is 0.196 e. The van der Waals surface area contributed by atoms with Crippen molar-refractivity contribution in [2.75, 3.05) is 32.7 Å². The highest BCUT2D eigenvalue weighted by Crippen LogP contribution is 2.69. The summed E-state index contributed by atoms with van der Waals surface area (Å²) in [6.45, 7) is 4.70. The van der Waals surface area contributed by atoms with E-state index in [2.05, 4.69) is 57.1 Å². The summed E-state index contributed by atoms with van der Waals surface area (Å²) in [7, 11) is 5.72. The lowest BCUT2D eigenvalue weighted by atomic mass is 9.48. The molecule has 0 bridgehead atoms. The summed E-state index contributed by atoms with van der Waals surface area (Å²) >= 11 is 0. The van der Waals surface area contributed by atoms with Crippen LogP contribution in [0.2, 0.25) is 0 Å². The zero-order valence-corrected chi connectivity index (χ0v) is 25.7. The van der Waals surface area contributed by atoms with Gasteiger partial charge in [-0.3, -0.25) is 14.4 Å². The van der Waals surface area contributed by atoms with Crippen molar-refractivity contribution >= 4 is 23.0 Å². The minimum absolute atomic E-state index is 0.0206. The van der Waals surface area contributed by atoms with Crippen LogP contribution in [0, 0.1) is 22.7 Å². The first kappa shape index (κ1) is 28.8. The van der Waals surface area contributed by atoms with Crippen LogP contribution in [-0.4, -0.2) is 45.2 Å². The van der Waals surface area contributed by atoms with E-state index in [9.17, 15) is 14.4 Å². The van der Waals surface area contributed by atoms with Crippen LogP contribution in [0.1, 0.15) is 80.6 Å². The van der Waals surface area contributed by atoms with Crippen LogP contribution < -0.4 is 4.90 Å². The van der Waals surface area contributed by atoms with Gasteiger partial charge in [-0.25, -0.2) is 0 Å². The van der Waals surface area contributed by atoms with Crippen molar-refractivity contribution < 1.29 is 19.1 Å². The summed E-state index contributed by atoms with van der Waals surface area (Å²) in [6.07, 6.45) is 5.50. The molecule has 6 rings (SSSR count). The second-order valence-corrected chi connectivity index (χ2v) is 13.5. The number of rotatable bonds is 7. The lowest BCUT2D eigenvalue weighted by Crippen LogP contribution is -2.50. The van der Waals surface area contributed by atoms with Crippen LogP contribution in [0.5, 0.6) is 0 Å². The molecule has 0 aromatic heterocycles. The van der Waals surface area contributed by atoms with Crippen molar-refractivity contribution in [1.29, 1.82) is 0 Å². The van der Waals surface area contributed by atoms with Crippen molar-refractivity contribution in [3.8, 4) is 0 Å². The number of anilines is 1. The molecule has 2 fully saturated rings. The fraction of sp³-hybridized carbons (Fsp3) is 0.486. The van der Waals surface area contributed by atoms with Gasteiger partial charge in [0, 0.05) is 50.2 Å². The van der Waals surface area contributed by atoms with E-state index in [1.807, 2.05) is 30.3 Å². The van der Waals surface area contributed by atoms with Gasteiger partial charge >= 0.3 is 0 Å². The van der Waals surface area contributed by atoms with Crippen LogP contribution in [-0.2, 0) is 14.3 Å². The Morgan fingerprint density at radius 2 is 1.64 bits per heavy atom. The molecule has 0 saturated heterocycles. The molecule has 2 saturated carbocycles. The Bertz CT molecular complexity index is 1480. The highest BCUT2D eigenvalue weighted by Gasteiger charge is 2.63. The molecule has 0 N–H and O–H groups in total. The third kappa shape index (κ3) is 4.35. The van der Waals surface area contributed by atoms with E-state index in [0.717, 1.165) is 43.4 Å². The molecule has 0 heterocycles. The van der Waals surface area contributed by atoms with E-state index in [1.54, 1.807) is 7.11 Å². The average Bonchev–Trinajstić information content (AvgIpc) is 3.27. The van der Waals surface area contributed by atoms with Crippen LogP contribution in [0.25, 0.3) is 0 Å². The van der Waals surface area contributed by atoms with Crippen molar-refractivity contribution in [2.24, 2.45) is 22.7 Å². The summed E-state index contributed by atoms with van der Waals surface area (Å²) < 4.78 is 5.38. The third-order valence-corrected chi connectivity index (χ3v) is 11.5. The van der Waals surface area contributed by atoms with E-state index >= 15 is 0 Å². The number of nitrogens with zero attached hydrogens (tertiary/aromatic N) is 1. The molecule has 42 heavy (non-hydrogen) atoms. The highest BCUT2D eigenvalue weighted by atomic mass is 16.5. The average molecular weight is 566 g/mol. The normalized spacial score (nSPS) is 30.5. The maximum absolute atomic E-state index is 13.8. The first-order valence-corrected chi connectivity index (χ1v) is 15.5. The Hall–Kier alpha value is -3.31. The minimum atomic E-state index is -0.446. The fourth-order valence-corrected chi connectivity index (χ4v) is 9.06. The van der Waals surface area contributed by atoms with Crippen molar-refractivity contribution in [3.63, 3.8) is 0 Å². The van der Waals surface area contributed by atoms with Gasteiger partial charge in [-0.1, -0.05) is 61.9 Å². The fourth-order valence-electron chi connectivity index (χ4n) is 9.06. The first-order valence-electron chi connectivity index (χ1n) is 15.5. The predicted molar refractivity (Wildman–Crippen MR) is 166 cm³/mol. The summed E-state index contributed by atoms with van der Waals surface area (Å²) in [5, 5.41) is 0. The Morgan fingerprint density at radius 3 is 2.31 bits per heavy atom. The van der Waals surface area contributed by atoms with Gasteiger partial charge in [0.1, 0.15) is 6.61 Å². The van der Waals surface area contributed by atoms with Gasteiger partial charge in [-0.15, -0.1) is 0 Å². The number of allylic oxidation sites excluding steroid dienone is 4. The second-order valence-electron chi connectivity index (χ2n) is 13.5. The standard InChI is InChI=1S/C37H43NO4/c1-36(32(40)22-42-5)20-19-30-28-16-15-27-26(17-18-31(39)34(27)35(41)24-9-7-6-8-10-24)33(28)29(21-37(30,36)2)23-11-13-25(14-12-23)38(3)4/h6-14,28-30H,15-22H2,1-5H3/t28?,29?,30?,36-,37+/m1/s1. The van der Waals surface area contributed by atoms with Crippen LogP contribution in [0.3, 0.4) is 0 Å². The summed E-state index contributed by atoms with van der Waals surface area (Å²) in [6, 6.07) is 18.1. The molecule has 5 heteroatoms. The number of benzene rings is 2. The molecule has 4 aliphatic rings. The molecule has 5 atom stereocenters. The van der Waals surface area contributed by atoms with Gasteiger partial charge < -0.3 is 9.64 Å². The number of ether oxygens (including phenoxy) is 1. The molecule has 2 aromatic rings. The van der Waals surface area contributed by atoms with Crippen molar-refractivity contribution in [2.45, 2.75) is 64.7 Å². The van der Waals surface area contributed by atoms with Crippen molar-refractivity contribution in [3.05, 3.63) is 88.0 Å². The van der Waals surface area contributed by atoms with E-state index < -0.39 is 5.41 Å². The maximum atomic E-state index is 13.8. The van der Waals surface area contributed by atoms with Crippen LogP contribution >= 0.6 is 0 Å². The molecule has 0 aliphatic heterocycles. The quantitative estimate of drug-likeness (QED) is 0.264. The van der Waals surface area contributed by atoms with E-state index in [4.69, 9.17) is 4.74 Å². The molecule has 2 aromatic carbocycles. The smallest absolute Gasteiger partial charge is 0.196 e. The number of hydrogen-bond acceptors (Lipinski definition) is 5. The third-order valence-electron chi connectivity index (χ3n) is 11.5. The number of ketones is 3. The van der Waals surface area contributed by atoms with Gasteiger partial charge in [0.05, 0.1) is 5.57 Å². The Balaban J connectivity index is 1.53. The van der Waals surface area contributed by atoms with Crippen LogP contribution in [0.4, 0.5) is 5.69 Å². The highest BCUT2D eigenvalue weighted by molar-refractivity contribution is 6.27. The molecule has 220 valence electrons. The molecule has 0 radical (unpaired) electrons. The van der Waals surface area contributed by atoms with Gasteiger partial charge in [0.25, 0.3) is 0 Å². The minimum Gasteiger partial charge on any atom is -0.378 e. The van der Waals surface area contributed by atoms with Gasteiger partial charge in [-0.05, 0) is 84.6 Å². The predicted octanol–water partition coefficient (Wildman–Crippen LogP) is 7.13. The van der Waals surface area contributed by atoms with Gasteiger partial charge in [0.2, 0.25) is 0 Å². The second kappa shape index (κ2) is 10.8. The molecule has 5 nitrogen and oxygen atoms in total. The Morgan fingerprint density at radius 1 is 0.929 bits per heavy atom. The topological polar surface area (TPSA) is 63.7 Å². The number of Topliss-reactive ketones (excluding diaryl/α,β-unsaturated/α-hetero) is 3. The largest absolute Gasteiger partial charge is 0.378 e. The van der Waals surface area contributed by atoms with Crippen LogP contribution in [0.15, 0.2) is 76.9 Å². The number of carbonyl (C=O) groups excluding carboxylic acids is 3. The molecular weight excluding hydrogens is 522 g/mol. The Kier molecular flexibility index (Phi) is 7.37. The molecule has 4 aliphatic carbocycles. The lowest BCUT2D eigenvalue weighted by molar-refractivity contribution is -0.140. The van der Waals surface area contributed by atoms with Crippen molar-refractivity contribution in [1.82, 2.24) is 0 Å². The summed E-state index contributed by atoms with van der Waals surface area (Å²) in [4.78, 5) is 42.9. The lowest BCUT2D eigenvalue weighted by Gasteiger charge is -2.55. The van der Waals surface area contributed by atoms with Gasteiger partial charge in [-0.2, -0.15) is 0 Å². The summed E-state index contributed by atoms with van der Waals surface area (Å²) in [5.74, 6) is 0.899. The van der Waals surface area contributed by atoms with E-state index in [1.165, 1.54) is 16.7 Å². The first-order chi connectivity index (χ1) is 20.1. The molecular formula is C37H43NO4. The SMILES string of the molecule is COCC(=O)[C@@]1(C)CCC2C3CCC4=C(C(=O)c5ccccc5)C(=O)CCC4=C3C(c3ccc(N(C)C)cc3)C[C@@]21C. The zero-order valence-electron chi connectivity index (χ0n) is 25.7. The van der Waals surface area contributed by atoms with E-state index in [-0.39, 0.29) is 35.3 Å². The number of hydrogen-bond donors (Lipinski definition) is 0. The zero-order chi connectivity index (χ0) is 29.8. The molecule has 0 spiro atoms. The number of methoxy groups -OCH3 is 1. The monoisotopic (exact) mass is 565 g/mol. The number of carbonyl (C=O) groups is 3. The molecule has 3 unspecified atom stereocenters.